The van der Waals surface area contributed by atoms with Gasteiger partial charge in [-0.15, -0.1) is 0 Å². The standard InChI is InChI=1S/C26H29N5O3.C21H26N4O2/c1-18-19(2)28-23-6-5-20(14-22(18)23)15-24-29-25(31-8-10-32-11-9-31)16-26(30-24)34-13-12-33-21-4-3-7-27-17-21;1-16-4-3-5-18(12-16)14-22-15-19-13-21(25-8-10-27-11-9-25)24-20(23-19)7-6-17(2)26/h3-7,14,16-17,28H,8-13,15H2,1-2H3;3-5,12-14H,6-11,15H2,1-2H3. The molecule has 0 radical (unpaired) electrons. The number of nitrogens with zero attached hydrogens (tertiary/aromatic N) is 8. The number of ketones is 1. The van der Waals surface area contributed by atoms with Crippen molar-refractivity contribution in [3.8, 4) is 11.6 Å². The summed E-state index contributed by atoms with van der Waals surface area (Å²) in [6.45, 7) is 15.2. The molecular weight excluding hydrogens is 771 g/mol. The van der Waals surface area contributed by atoms with Gasteiger partial charge in [0.05, 0.1) is 44.9 Å². The molecule has 6 heterocycles. The number of benzene rings is 2. The molecule has 0 aliphatic carbocycles. The van der Waals surface area contributed by atoms with Gasteiger partial charge in [0.1, 0.15) is 48.0 Å². The maximum atomic E-state index is 11.3. The lowest BCUT2D eigenvalue weighted by molar-refractivity contribution is -0.117. The number of H-pyrrole nitrogens is 1. The molecule has 2 saturated heterocycles. The zero-order valence-electron chi connectivity index (χ0n) is 35.6. The number of aromatic amines is 1. The minimum atomic E-state index is 0.148. The second-order valence-electron chi connectivity index (χ2n) is 15.2. The minimum absolute atomic E-state index is 0.148. The van der Waals surface area contributed by atoms with Gasteiger partial charge in [0.15, 0.2) is 0 Å². The molecule has 2 aliphatic heterocycles. The number of aryl methyl sites for hydroxylation is 4. The number of carbonyl (C=O) groups excluding carboxylic acids is 1. The zero-order valence-corrected chi connectivity index (χ0v) is 35.6. The van der Waals surface area contributed by atoms with E-state index in [1.165, 1.54) is 27.8 Å². The Morgan fingerprint density at radius 1 is 0.820 bits per heavy atom. The number of pyridine rings is 1. The molecule has 2 aliphatic rings. The van der Waals surface area contributed by atoms with Crippen LogP contribution in [0.2, 0.25) is 0 Å². The van der Waals surface area contributed by atoms with Crippen LogP contribution in [0.4, 0.5) is 11.6 Å². The van der Waals surface area contributed by atoms with Crippen LogP contribution in [0.1, 0.15) is 58.6 Å². The fourth-order valence-corrected chi connectivity index (χ4v) is 7.07. The largest absolute Gasteiger partial charge is 0.488 e. The zero-order chi connectivity index (χ0) is 42.4. The molecule has 318 valence electrons. The van der Waals surface area contributed by atoms with E-state index in [1.54, 1.807) is 19.3 Å². The monoisotopic (exact) mass is 825 g/mol. The summed E-state index contributed by atoms with van der Waals surface area (Å²) >= 11 is 0. The van der Waals surface area contributed by atoms with Gasteiger partial charge in [-0.25, -0.2) is 15.0 Å². The second kappa shape index (κ2) is 21.3. The van der Waals surface area contributed by atoms with Gasteiger partial charge in [-0.05, 0) is 68.7 Å². The number of fused-ring (bicyclic) bond motifs is 1. The van der Waals surface area contributed by atoms with Crippen LogP contribution in [0, 0.1) is 20.8 Å². The van der Waals surface area contributed by atoms with Gasteiger partial charge in [0.2, 0.25) is 5.88 Å². The SMILES string of the molecule is CC(=O)CCc1nc(CN=Cc2cccc(C)c2)cc(N2CCOCC2)n1.Cc1[nH]c2ccc(Cc3nc(OCCOc4cccnc4)cc(N4CCOCC4)n3)cc2c1C. The summed E-state index contributed by atoms with van der Waals surface area (Å²) in [6.07, 6.45) is 6.92. The first-order valence-electron chi connectivity index (χ1n) is 21.0. The maximum absolute atomic E-state index is 11.3. The fourth-order valence-electron chi connectivity index (χ4n) is 7.07. The lowest BCUT2D eigenvalue weighted by Gasteiger charge is -2.28. The van der Waals surface area contributed by atoms with Crippen molar-refractivity contribution in [3.63, 3.8) is 0 Å². The van der Waals surface area contributed by atoms with Crippen molar-refractivity contribution in [2.24, 2.45) is 4.99 Å². The molecule has 14 heteroatoms. The normalized spacial score (nSPS) is 14.2. The summed E-state index contributed by atoms with van der Waals surface area (Å²) in [6, 6.07) is 22.3. The number of ether oxygens (including phenoxy) is 4. The first-order valence-corrected chi connectivity index (χ1v) is 21.0. The van der Waals surface area contributed by atoms with Crippen molar-refractivity contribution >= 4 is 34.5 Å². The second-order valence-corrected chi connectivity index (χ2v) is 15.2. The molecule has 0 bridgehead atoms. The topological polar surface area (TPSA) is 153 Å². The van der Waals surface area contributed by atoms with Crippen molar-refractivity contribution < 1.29 is 23.7 Å². The molecule has 2 aromatic carbocycles. The number of Topliss-reactive ketones (excluding diaryl/α,β-unsaturated/α-hetero) is 1. The highest BCUT2D eigenvalue weighted by Gasteiger charge is 2.18. The minimum Gasteiger partial charge on any atom is -0.488 e. The molecule has 4 aromatic heterocycles. The summed E-state index contributed by atoms with van der Waals surface area (Å²) in [5.41, 5.74) is 7.95. The van der Waals surface area contributed by atoms with Gasteiger partial charge in [-0.2, -0.15) is 4.98 Å². The van der Waals surface area contributed by atoms with E-state index in [1.807, 2.05) is 42.6 Å². The van der Waals surface area contributed by atoms with E-state index >= 15 is 0 Å². The molecule has 0 unspecified atom stereocenters. The van der Waals surface area contributed by atoms with E-state index in [4.69, 9.17) is 28.9 Å². The van der Waals surface area contributed by atoms with E-state index < -0.39 is 0 Å². The Kier molecular flexibility index (Phi) is 15.0. The van der Waals surface area contributed by atoms with Crippen molar-refractivity contribution in [3.05, 3.63) is 124 Å². The molecule has 1 N–H and O–H groups in total. The van der Waals surface area contributed by atoms with Crippen LogP contribution in [0.3, 0.4) is 0 Å². The Morgan fingerprint density at radius 3 is 2.28 bits per heavy atom. The van der Waals surface area contributed by atoms with Crippen LogP contribution < -0.4 is 19.3 Å². The van der Waals surface area contributed by atoms with Gasteiger partial charge in [0.25, 0.3) is 0 Å². The smallest absolute Gasteiger partial charge is 0.218 e. The molecular formula is C47H55N9O5. The van der Waals surface area contributed by atoms with E-state index in [0.29, 0.717) is 82.9 Å². The summed E-state index contributed by atoms with van der Waals surface area (Å²) in [4.78, 5) is 46.7. The van der Waals surface area contributed by atoms with Crippen molar-refractivity contribution in [1.82, 2.24) is 29.9 Å². The number of nitrogens with one attached hydrogen (secondary N) is 1. The van der Waals surface area contributed by atoms with E-state index in [2.05, 4.69) is 85.8 Å². The van der Waals surface area contributed by atoms with Gasteiger partial charge in [-0.1, -0.05) is 35.9 Å². The number of hydrogen-bond donors (Lipinski definition) is 1. The molecule has 0 amide bonds. The number of rotatable bonds is 15. The predicted molar refractivity (Wildman–Crippen MR) is 237 cm³/mol. The van der Waals surface area contributed by atoms with Gasteiger partial charge < -0.3 is 38.5 Å². The van der Waals surface area contributed by atoms with Crippen molar-refractivity contribution in [2.45, 2.75) is 53.5 Å². The predicted octanol–water partition coefficient (Wildman–Crippen LogP) is 6.62. The third-order valence-corrected chi connectivity index (χ3v) is 10.4. The van der Waals surface area contributed by atoms with Crippen molar-refractivity contribution in [2.75, 3.05) is 75.6 Å². The van der Waals surface area contributed by atoms with Crippen molar-refractivity contribution in [1.29, 1.82) is 0 Å². The van der Waals surface area contributed by atoms with Gasteiger partial charge in [-0.3, -0.25) is 9.98 Å². The molecule has 6 aromatic rings. The number of carbonyl (C=O) groups is 1. The molecule has 14 nitrogen and oxygen atoms in total. The first kappa shape index (κ1) is 42.9. The molecule has 0 spiro atoms. The van der Waals surface area contributed by atoms with E-state index in [9.17, 15) is 4.79 Å². The van der Waals surface area contributed by atoms with E-state index in [-0.39, 0.29) is 5.78 Å². The number of aromatic nitrogens is 6. The molecule has 0 atom stereocenters. The Balaban J connectivity index is 0.000000189. The van der Waals surface area contributed by atoms with E-state index in [0.717, 1.165) is 60.4 Å². The highest BCUT2D eigenvalue weighted by molar-refractivity contribution is 5.85. The summed E-state index contributed by atoms with van der Waals surface area (Å²) < 4.78 is 22.6. The van der Waals surface area contributed by atoms with Crippen LogP contribution in [0.15, 0.2) is 84.1 Å². The van der Waals surface area contributed by atoms with Crippen LogP contribution >= 0.6 is 0 Å². The quantitative estimate of drug-likeness (QED) is 0.0875. The summed E-state index contributed by atoms with van der Waals surface area (Å²) in [5.74, 6) is 4.62. The van der Waals surface area contributed by atoms with Crippen LogP contribution in [-0.4, -0.2) is 108 Å². The number of morpholine rings is 2. The number of anilines is 2. The lowest BCUT2D eigenvalue weighted by Crippen LogP contribution is -2.37. The fraction of sp³-hybridized carbons (Fsp3) is 0.383. The number of aliphatic imine (C=N–C) groups is 1. The molecule has 61 heavy (non-hydrogen) atoms. The third kappa shape index (κ3) is 12.6. The Morgan fingerprint density at radius 2 is 1.56 bits per heavy atom. The third-order valence-electron chi connectivity index (χ3n) is 10.4. The molecule has 2 fully saturated rings. The summed E-state index contributed by atoms with van der Waals surface area (Å²) in [5, 5.41) is 1.24. The maximum Gasteiger partial charge on any atom is 0.218 e. The highest BCUT2D eigenvalue weighted by atomic mass is 16.5. The average Bonchev–Trinajstić information content (AvgIpc) is 3.57. The molecule has 8 rings (SSSR count). The van der Waals surface area contributed by atoms with Crippen LogP contribution in [0.5, 0.6) is 11.6 Å². The molecule has 0 saturated carbocycles. The average molecular weight is 826 g/mol. The Bertz CT molecular complexity index is 2390. The summed E-state index contributed by atoms with van der Waals surface area (Å²) in [7, 11) is 0. The van der Waals surface area contributed by atoms with Crippen LogP contribution in [-0.2, 0) is 33.7 Å². The van der Waals surface area contributed by atoms with Gasteiger partial charge >= 0.3 is 0 Å². The number of hydrogen-bond acceptors (Lipinski definition) is 13. The Hall–Kier alpha value is -6.25. The lowest BCUT2D eigenvalue weighted by atomic mass is 10.1. The van der Waals surface area contributed by atoms with Gasteiger partial charge in [0, 0.05) is 86.6 Å². The first-order chi connectivity index (χ1) is 29.8. The van der Waals surface area contributed by atoms with Crippen LogP contribution in [0.25, 0.3) is 10.9 Å². The highest BCUT2D eigenvalue weighted by Crippen LogP contribution is 2.25. The Labute approximate surface area is 357 Å².